The molecule has 1 aromatic heterocycles. The Kier molecular flexibility index (Phi) is 3.20. The van der Waals surface area contributed by atoms with Crippen LogP contribution in [-0.2, 0) is 6.42 Å². The minimum Gasteiger partial charge on any atom is -0.508 e. The van der Waals surface area contributed by atoms with Crippen molar-refractivity contribution in [3.05, 3.63) is 33.8 Å². The lowest BCUT2D eigenvalue weighted by atomic mass is 10.0. The van der Waals surface area contributed by atoms with Crippen molar-refractivity contribution in [3.63, 3.8) is 0 Å². The number of hydrogen-bond acceptors (Lipinski definition) is 6. The number of Topliss-reactive ketones (excluding diaryl/α,β-unsaturated/α-hetero) is 1. The van der Waals surface area contributed by atoms with E-state index in [2.05, 4.69) is 4.98 Å². The highest BCUT2D eigenvalue weighted by molar-refractivity contribution is 7.09. The zero-order valence-corrected chi connectivity index (χ0v) is 10.4. The van der Waals surface area contributed by atoms with Crippen molar-refractivity contribution in [2.45, 2.75) is 13.3 Å². The molecule has 3 N–H and O–H groups in total. The smallest absolute Gasteiger partial charge is 0.176 e. The van der Waals surface area contributed by atoms with Crippen molar-refractivity contribution < 1.29 is 20.1 Å². The van der Waals surface area contributed by atoms with E-state index in [1.807, 2.05) is 6.92 Å². The molecule has 0 saturated heterocycles. The SMILES string of the molecule is Cc1nc(CC(=O)c2c(O)cc(O)cc2O)cs1. The molecule has 1 heterocycles. The van der Waals surface area contributed by atoms with Crippen molar-refractivity contribution in [2.24, 2.45) is 0 Å². The first kappa shape index (κ1) is 12.4. The fourth-order valence-corrected chi connectivity index (χ4v) is 2.24. The highest BCUT2D eigenvalue weighted by atomic mass is 32.1. The lowest BCUT2D eigenvalue weighted by Gasteiger charge is -2.06. The van der Waals surface area contributed by atoms with E-state index in [4.69, 9.17) is 5.11 Å². The summed E-state index contributed by atoms with van der Waals surface area (Å²) in [5, 5.41) is 30.9. The largest absolute Gasteiger partial charge is 0.508 e. The van der Waals surface area contributed by atoms with Crippen molar-refractivity contribution in [3.8, 4) is 17.2 Å². The fourth-order valence-electron chi connectivity index (χ4n) is 1.63. The van der Waals surface area contributed by atoms with E-state index in [0.29, 0.717) is 5.69 Å². The highest BCUT2D eigenvalue weighted by Gasteiger charge is 2.18. The molecule has 0 aliphatic heterocycles. The second kappa shape index (κ2) is 4.66. The fraction of sp³-hybridized carbons (Fsp3) is 0.167. The second-order valence-electron chi connectivity index (χ2n) is 3.82. The van der Waals surface area contributed by atoms with Crippen LogP contribution in [0, 0.1) is 6.92 Å². The predicted molar refractivity (Wildman–Crippen MR) is 66.3 cm³/mol. The minimum absolute atomic E-state index is 0.00373. The van der Waals surface area contributed by atoms with Crippen LogP contribution in [0.25, 0.3) is 0 Å². The molecule has 0 spiro atoms. The van der Waals surface area contributed by atoms with E-state index < -0.39 is 17.3 Å². The van der Waals surface area contributed by atoms with E-state index in [0.717, 1.165) is 17.1 Å². The Labute approximate surface area is 107 Å². The molecule has 0 aliphatic carbocycles. The van der Waals surface area contributed by atoms with Gasteiger partial charge in [-0.1, -0.05) is 0 Å². The summed E-state index contributed by atoms with van der Waals surface area (Å²) in [6, 6.07) is 2.03. The number of phenolic OH excluding ortho intramolecular Hbond substituents is 3. The molecule has 0 amide bonds. The normalized spacial score (nSPS) is 10.5. The first-order chi connectivity index (χ1) is 8.47. The van der Waals surface area contributed by atoms with Gasteiger partial charge in [0.2, 0.25) is 0 Å². The van der Waals surface area contributed by atoms with Crippen LogP contribution in [0.5, 0.6) is 17.2 Å². The van der Waals surface area contributed by atoms with E-state index in [9.17, 15) is 15.0 Å². The maximum Gasteiger partial charge on any atom is 0.176 e. The van der Waals surface area contributed by atoms with Crippen molar-refractivity contribution in [1.29, 1.82) is 0 Å². The van der Waals surface area contributed by atoms with Crippen LogP contribution in [0.15, 0.2) is 17.5 Å². The summed E-state index contributed by atoms with van der Waals surface area (Å²) >= 11 is 1.42. The molecule has 0 unspecified atom stereocenters. The molecule has 18 heavy (non-hydrogen) atoms. The molecule has 94 valence electrons. The number of phenols is 3. The molecular weight excluding hydrogens is 254 g/mol. The van der Waals surface area contributed by atoms with Crippen LogP contribution in [0.2, 0.25) is 0 Å². The van der Waals surface area contributed by atoms with Gasteiger partial charge in [-0.2, -0.15) is 0 Å². The molecule has 5 nitrogen and oxygen atoms in total. The average molecular weight is 265 g/mol. The molecule has 0 bridgehead atoms. The van der Waals surface area contributed by atoms with Gasteiger partial charge in [0.15, 0.2) is 5.78 Å². The number of ketones is 1. The van der Waals surface area contributed by atoms with Gasteiger partial charge in [-0.3, -0.25) is 4.79 Å². The maximum atomic E-state index is 11.9. The van der Waals surface area contributed by atoms with E-state index >= 15 is 0 Å². The number of rotatable bonds is 3. The number of aryl methyl sites for hydroxylation is 1. The molecule has 2 rings (SSSR count). The number of aromatic nitrogens is 1. The molecule has 2 aromatic rings. The van der Waals surface area contributed by atoms with Gasteiger partial charge in [-0.25, -0.2) is 4.98 Å². The number of nitrogens with zero attached hydrogens (tertiary/aromatic N) is 1. The van der Waals surface area contributed by atoms with Crippen LogP contribution < -0.4 is 0 Å². The monoisotopic (exact) mass is 265 g/mol. The zero-order valence-electron chi connectivity index (χ0n) is 9.54. The van der Waals surface area contributed by atoms with Gasteiger partial charge < -0.3 is 15.3 Å². The van der Waals surface area contributed by atoms with Crippen LogP contribution in [0.1, 0.15) is 21.1 Å². The van der Waals surface area contributed by atoms with E-state index in [1.165, 1.54) is 11.3 Å². The summed E-state index contributed by atoms with van der Waals surface area (Å²) in [4.78, 5) is 16.1. The third kappa shape index (κ3) is 2.43. The van der Waals surface area contributed by atoms with Crippen LogP contribution >= 0.6 is 11.3 Å². The molecular formula is C12H11NO4S. The first-order valence-electron chi connectivity index (χ1n) is 5.16. The Balaban J connectivity index is 2.29. The molecule has 0 aliphatic rings. The Morgan fingerprint density at radius 1 is 1.28 bits per heavy atom. The Morgan fingerprint density at radius 3 is 2.39 bits per heavy atom. The Hall–Kier alpha value is -2.08. The van der Waals surface area contributed by atoms with Gasteiger partial charge in [0, 0.05) is 17.5 Å². The molecule has 0 saturated carbocycles. The second-order valence-corrected chi connectivity index (χ2v) is 4.88. The maximum absolute atomic E-state index is 11.9. The summed E-state index contributed by atoms with van der Waals surface area (Å²) in [6.07, 6.45) is -0.00373. The third-order valence-corrected chi connectivity index (χ3v) is 3.19. The van der Waals surface area contributed by atoms with Crippen molar-refractivity contribution in [1.82, 2.24) is 4.98 Å². The topological polar surface area (TPSA) is 90.7 Å². The van der Waals surface area contributed by atoms with Crippen molar-refractivity contribution >= 4 is 17.1 Å². The Morgan fingerprint density at radius 2 is 1.89 bits per heavy atom. The Bertz CT molecular complexity index is 583. The number of thiazole rings is 1. The van der Waals surface area contributed by atoms with E-state index in [-0.39, 0.29) is 17.7 Å². The lowest BCUT2D eigenvalue weighted by molar-refractivity contribution is 0.0987. The summed E-state index contributed by atoms with van der Waals surface area (Å²) in [5.74, 6) is -1.63. The molecule has 1 aromatic carbocycles. The number of aromatic hydroxyl groups is 3. The molecule has 0 atom stereocenters. The summed E-state index contributed by atoms with van der Waals surface area (Å²) in [5.41, 5.74) is 0.396. The number of hydrogen-bond donors (Lipinski definition) is 3. The third-order valence-electron chi connectivity index (χ3n) is 2.37. The van der Waals surface area contributed by atoms with Gasteiger partial charge >= 0.3 is 0 Å². The average Bonchev–Trinajstić information content (AvgIpc) is 2.62. The quantitative estimate of drug-likeness (QED) is 0.738. The van der Waals surface area contributed by atoms with Gasteiger partial charge in [0.05, 0.1) is 17.1 Å². The zero-order chi connectivity index (χ0) is 13.3. The molecule has 0 fully saturated rings. The molecule has 6 heteroatoms. The van der Waals surface area contributed by atoms with Crippen LogP contribution in [0.4, 0.5) is 0 Å². The van der Waals surface area contributed by atoms with Gasteiger partial charge in [0.1, 0.15) is 22.8 Å². The number of benzene rings is 1. The van der Waals surface area contributed by atoms with Gasteiger partial charge in [-0.15, -0.1) is 11.3 Å². The van der Waals surface area contributed by atoms with Crippen LogP contribution in [-0.4, -0.2) is 26.1 Å². The van der Waals surface area contributed by atoms with E-state index in [1.54, 1.807) is 5.38 Å². The molecule has 0 radical (unpaired) electrons. The van der Waals surface area contributed by atoms with Gasteiger partial charge in [0.25, 0.3) is 0 Å². The van der Waals surface area contributed by atoms with Crippen LogP contribution in [0.3, 0.4) is 0 Å². The summed E-state index contributed by atoms with van der Waals surface area (Å²) in [7, 11) is 0. The standard InChI is InChI=1S/C12H11NO4S/c1-6-13-7(5-18-6)2-9(15)12-10(16)3-8(14)4-11(12)17/h3-5,14,16-17H,2H2,1H3. The minimum atomic E-state index is -0.449. The van der Waals surface area contributed by atoms with Gasteiger partial charge in [-0.05, 0) is 6.92 Å². The number of carbonyl (C=O) groups excluding carboxylic acids is 1. The highest BCUT2D eigenvalue weighted by Crippen LogP contribution is 2.32. The summed E-state index contributed by atoms with van der Waals surface area (Å²) < 4.78 is 0. The first-order valence-corrected chi connectivity index (χ1v) is 6.04. The van der Waals surface area contributed by atoms with Crippen molar-refractivity contribution in [2.75, 3.05) is 0 Å². The predicted octanol–water partition coefficient (Wildman–Crippen LogP) is 1.99. The number of carbonyl (C=O) groups is 1. The lowest BCUT2D eigenvalue weighted by Crippen LogP contribution is -2.04. The summed E-state index contributed by atoms with van der Waals surface area (Å²) in [6.45, 7) is 1.83.